The van der Waals surface area contributed by atoms with E-state index in [-0.39, 0.29) is 26.7 Å². The molecule has 0 heterocycles. The number of thioether (sulfide) groups is 1. The molecule has 2 nitrogen and oxygen atoms in total. The minimum Gasteiger partial charge on any atom is -0.476 e. The van der Waals surface area contributed by atoms with E-state index in [0.717, 1.165) is 0 Å². The maximum atomic E-state index is 12.8. The molecule has 0 aromatic heterocycles. The van der Waals surface area contributed by atoms with Crippen LogP contribution in [0.2, 0.25) is 10.0 Å². The van der Waals surface area contributed by atoms with Crippen LogP contribution in [0.1, 0.15) is 0 Å². The van der Waals surface area contributed by atoms with Crippen molar-refractivity contribution in [1.82, 2.24) is 0 Å². The van der Waals surface area contributed by atoms with E-state index in [1.807, 2.05) is 0 Å². The fourth-order valence-electron chi connectivity index (χ4n) is 0.752. The van der Waals surface area contributed by atoms with Gasteiger partial charge in [-0.05, 0) is 23.9 Å². The topological polar surface area (TPSA) is 37.3 Å². The number of carbonyl (C=O) groups is 1. The average Bonchev–Trinajstić information content (AvgIpc) is 2.11. The summed E-state index contributed by atoms with van der Waals surface area (Å²) < 4.78 is 25.7. The fraction of sp³-hybridized carbons (Fsp3) is 0.125. The lowest BCUT2D eigenvalue weighted by Gasteiger charge is -2.12. The Balaban J connectivity index is 3.04. The quantitative estimate of drug-likeness (QED) is 0.852. The molecule has 1 aromatic carbocycles. The van der Waals surface area contributed by atoms with Crippen molar-refractivity contribution in [2.24, 2.45) is 0 Å². The van der Waals surface area contributed by atoms with Crippen molar-refractivity contribution in [2.45, 2.75) is 10.2 Å². The summed E-state index contributed by atoms with van der Waals surface area (Å²) in [5, 5.41) is 4.27. The van der Waals surface area contributed by atoms with Gasteiger partial charge < -0.3 is 5.11 Å². The monoisotopic (exact) mass is 272 g/mol. The van der Waals surface area contributed by atoms with Crippen molar-refractivity contribution >= 4 is 40.9 Å². The number of benzene rings is 1. The van der Waals surface area contributed by atoms with Gasteiger partial charge in [0.2, 0.25) is 0 Å². The molecule has 0 unspecified atom stereocenters. The molecule has 15 heavy (non-hydrogen) atoms. The Hall–Kier alpha value is -0.520. The van der Waals surface area contributed by atoms with Crippen LogP contribution in [0.5, 0.6) is 0 Å². The molecular formula is C8H4Cl2F2O2S. The third kappa shape index (κ3) is 2.96. The predicted octanol–water partition coefficient (Wildman–Crippen LogP) is 3.76. The second-order valence-electron chi connectivity index (χ2n) is 2.47. The van der Waals surface area contributed by atoms with Crippen LogP contribution in [0.3, 0.4) is 0 Å². The zero-order valence-electron chi connectivity index (χ0n) is 7.01. The van der Waals surface area contributed by atoms with Crippen LogP contribution in [0.4, 0.5) is 8.78 Å². The average molecular weight is 273 g/mol. The molecule has 0 bridgehead atoms. The number of halogens is 4. The minimum absolute atomic E-state index is 0.00609. The van der Waals surface area contributed by atoms with Gasteiger partial charge in [0, 0.05) is 0 Å². The highest BCUT2D eigenvalue weighted by molar-refractivity contribution is 8.01. The van der Waals surface area contributed by atoms with E-state index in [4.69, 9.17) is 28.3 Å². The second-order valence-corrected chi connectivity index (χ2v) is 4.41. The number of aliphatic carboxylic acids is 1. The molecule has 82 valence electrons. The Kier molecular flexibility index (Phi) is 3.81. The molecular weight excluding hydrogens is 269 g/mol. The van der Waals surface area contributed by atoms with Gasteiger partial charge in [-0.1, -0.05) is 29.3 Å². The third-order valence-corrected chi connectivity index (χ3v) is 3.33. The standard InChI is InChI=1S/C8H4Cl2F2O2S/c9-4-2-1-3-5(10)6(4)15-8(11,12)7(13)14/h1-3H,(H,13,14). The van der Waals surface area contributed by atoms with Gasteiger partial charge in [0.15, 0.2) is 0 Å². The summed E-state index contributed by atoms with van der Waals surface area (Å²) in [6.07, 6.45) is 0. The Morgan fingerprint density at radius 1 is 1.33 bits per heavy atom. The van der Waals surface area contributed by atoms with Crippen LogP contribution < -0.4 is 0 Å². The zero-order chi connectivity index (χ0) is 11.6. The van der Waals surface area contributed by atoms with Crippen LogP contribution in [-0.2, 0) is 4.79 Å². The lowest BCUT2D eigenvalue weighted by Crippen LogP contribution is -2.23. The first-order chi connectivity index (χ1) is 6.84. The molecule has 0 aliphatic heterocycles. The molecule has 7 heteroatoms. The van der Waals surface area contributed by atoms with Gasteiger partial charge >= 0.3 is 11.2 Å². The first-order valence-electron chi connectivity index (χ1n) is 3.59. The first kappa shape index (κ1) is 12.5. The maximum Gasteiger partial charge on any atom is 0.393 e. The van der Waals surface area contributed by atoms with Gasteiger partial charge in [0.1, 0.15) is 0 Å². The van der Waals surface area contributed by atoms with Crippen LogP contribution in [0, 0.1) is 0 Å². The smallest absolute Gasteiger partial charge is 0.393 e. The highest BCUT2D eigenvalue weighted by Gasteiger charge is 2.41. The lowest BCUT2D eigenvalue weighted by atomic mass is 10.4. The van der Waals surface area contributed by atoms with E-state index < -0.39 is 11.2 Å². The predicted molar refractivity (Wildman–Crippen MR) is 54.9 cm³/mol. The Bertz CT molecular complexity index is 378. The van der Waals surface area contributed by atoms with Crippen molar-refractivity contribution in [3.8, 4) is 0 Å². The molecule has 0 spiro atoms. The number of rotatable bonds is 3. The highest BCUT2D eigenvalue weighted by Crippen LogP contribution is 2.43. The van der Waals surface area contributed by atoms with Crippen molar-refractivity contribution < 1.29 is 18.7 Å². The molecule has 1 aromatic rings. The van der Waals surface area contributed by atoms with Crippen LogP contribution >= 0.6 is 35.0 Å². The van der Waals surface area contributed by atoms with Crippen LogP contribution in [-0.4, -0.2) is 16.3 Å². The van der Waals surface area contributed by atoms with E-state index >= 15 is 0 Å². The fourth-order valence-corrected chi connectivity index (χ4v) is 2.06. The number of hydrogen-bond donors (Lipinski definition) is 1. The van der Waals surface area contributed by atoms with Gasteiger partial charge in [-0.3, -0.25) is 0 Å². The molecule has 0 aliphatic carbocycles. The molecule has 0 saturated carbocycles. The molecule has 0 radical (unpaired) electrons. The van der Waals surface area contributed by atoms with Crippen molar-refractivity contribution in [2.75, 3.05) is 0 Å². The summed E-state index contributed by atoms with van der Waals surface area (Å²) in [7, 11) is 0. The van der Waals surface area contributed by atoms with Crippen molar-refractivity contribution in [1.29, 1.82) is 0 Å². The van der Waals surface area contributed by atoms with Crippen LogP contribution in [0.15, 0.2) is 23.1 Å². The lowest BCUT2D eigenvalue weighted by molar-refractivity contribution is -0.152. The number of carboxylic acid groups (broad SMARTS) is 1. The molecule has 0 amide bonds. The van der Waals surface area contributed by atoms with Gasteiger partial charge in [0.05, 0.1) is 14.9 Å². The molecule has 0 saturated heterocycles. The summed E-state index contributed by atoms with van der Waals surface area (Å²) in [5.74, 6) is -2.23. The molecule has 1 rings (SSSR count). The van der Waals surface area contributed by atoms with E-state index in [1.165, 1.54) is 18.2 Å². The third-order valence-electron chi connectivity index (χ3n) is 1.40. The first-order valence-corrected chi connectivity index (χ1v) is 5.16. The normalized spacial score (nSPS) is 11.5. The Morgan fingerprint density at radius 2 is 1.80 bits per heavy atom. The van der Waals surface area contributed by atoms with E-state index in [1.54, 1.807) is 0 Å². The highest BCUT2D eigenvalue weighted by atomic mass is 35.5. The Morgan fingerprint density at radius 3 is 2.20 bits per heavy atom. The van der Waals surface area contributed by atoms with Gasteiger partial charge in [-0.2, -0.15) is 8.78 Å². The van der Waals surface area contributed by atoms with Gasteiger partial charge in [-0.25, -0.2) is 4.79 Å². The Labute approximate surface area is 98.2 Å². The molecule has 1 N–H and O–H groups in total. The largest absolute Gasteiger partial charge is 0.476 e. The molecule has 0 aliphatic rings. The van der Waals surface area contributed by atoms with Crippen molar-refractivity contribution in [3.05, 3.63) is 28.2 Å². The summed E-state index contributed by atoms with van der Waals surface area (Å²) in [6, 6.07) is 4.19. The minimum atomic E-state index is -3.95. The zero-order valence-corrected chi connectivity index (χ0v) is 9.34. The summed E-state index contributed by atoms with van der Waals surface area (Å²) in [4.78, 5) is 10.0. The number of hydrogen-bond acceptors (Lipinski definition) is 2. The van der Waals surface area contributed by atoms with Crippen molar-refractivity contribution in [3.63, 3.8) is 0 Å². The number of carboxylic acids is 1. The SMILES string of the molecule is O=C(O)C(F)(F)Sc1c(Cl)cccc1Cl. The summed E-state index contributed by atoms with van der Waals surface area (Å²) in [5.41, 5.74) is 0. The molecule has 0 atom stereocenters. The summed E-state index contributed by atoms with van der Waals surface area (Å²) in [6.45, 7) is 0. The maximum absolute atomic E-state index is 12.8. The van der Waals surface area contributed by atoms with E-state index in [0.29, 0.717) is 0 Å². The van der Waals surface area contributed by atoms with E-state index in [9.17, 15) is 13.6 Å². The second kappa shape index (κ2) is 4.55. The number of alkyl halides is 2. The molecule has 0 fully saturated rings. The van der Waals surface area contributed by atoms with Crippen LogP contribution in [0.25, 0.3) is 0 Å². The van der Waals surface area contributed by atoms with Gasteiger partial charge in [-0.15, -0.1) is 0 Å². The summed E-state index contributed by atoms with van der Waals surface area (Å²) >= 11 is 11.0. The van der Waals surface area contributed by atoms with Gasteiger partial charge in [0.25, 0.3) is 0 Å². The van der Waals surface area contributed by atoms with E-state index in [2.05, 4.69) is 0 Å².